The standard InChI is InChI=1S/C31H38N8O8/c1-5-10-37-24-16(11-19(32)34-28(24)42)39(30(37)43)29-26(41)25(40)18(47-29)12-46-17-9-7-8-15-21(17)36-27(33)22-23(15)38(14-31(3,4)44)20(35-22)13-45-6-2/h5,7-9,11,18,25-26,29,40-41,44H,1,6,10,12-14H2,2-4H3,(H2,33,36)(H3,32,34,42)/t18-,25-,26-,29?/m1/s1. The van der Waals surface area contributed by atoms with E-state index in [1.807, 2.05) is 17.6 Å². The van der Waals surface area contributed by atoms with Crippen molar-refractivity contribution in [2.45, 2.75) is 70.6 Å². The molecule has 0 radical (unpaired) electrons. The lowest BCUT2D eigenvalue weighted by Crippen LogP contribution is -2.36. The highest BCUT2D eigenvalue weighted by atomic mass is 16.6. The Hall–Kier alpha value is -4.74. The van der Waals surface area contributed by atoms with Crippen LogP contribution in [-0.4, -0.2) is 81.1 Å². The summed E-state index contributed by atoms with van der Waals surface area (Å²) in [6.45, 7) is 9.56. The third-order valence-corrected chi connectivity index (χ3v) is 8.04. The molecule has 1 fully saturated rings. The lowest BCUT2D eigenvalue weighted by Gasteiger charge is -2.21. The van der Waals surface area contributed by atoms with Crippen molar-refractivity contribution in [3.8, 4) is 5.75 Å². The second-order valence-corrected chi connectivity index (χ2v) is 12.1. The van der Waals surface area contributed by atoms with Crippen LogP contribution in [0.1, 0.15) is 32.8 Å². The van der Waals surface area contributed by atoms with E-state index in [9.17, 15) is 24.9 Å². The fourth-order valence-corrected chi connectivity index (χ4v) is 6.06. The molecule has 16 heteroatoms. The van der Waals surface area contributed by atoms with Crippen molar-refractivity contribution in [2.75, 3.05) is 24.7 Å². The number of benzene rings is 1. The number of anilines is 2. The molecule has 0 bridgehead atoms. The summed E-state index contributed by atoms with van der Waals surface area (Å²) in [4.78, 5) is 37.9. The molecule has 47 heavy (non-hydrogen) atoms. The highest BCUT2D eigenvalue weighted by Crippen LogP contribution is 2.36. The summed E-state index contributed by atoms with van der Waals surface area (Å²) in [5, 5.41) is 33.4. The number of ether oxygens (including phenoxy) is 3. The number of pyridine rings is 2. The third kappa shape index (κ3) is 5.63. The van der Waals surface area contributed by atoms with Crippen LogP contribution in [0.4, 0.5) is 11.6 Å². The van der Waals surface area contributed by atoms with Crippen molar-refractivity contribution in [2.24, 2.45) is 0 Å². The number of rotatable bonds is 11. The molecule has 0 saturated carbocycles. The predicted molar refractivity (Wildman–Crippen MR) is 174 cm³/mol. The van der Waals surface area contributed by atoms with E-state index in [4.69, 9.17) is 25.7 Å². The van der Waals surface area contributed by atoms with Gasteiger partial charge in [-0.3, -0.25) is 13.9 Å². The molecule has 0 spiro atoms. The average molecular weight is 651 g/mol. The molecule has 1 aromatic carbocycles. The van der Waals surface area contributed by atoms with Crippen molar-refractivity contribution >= 4 is 44.6 Å². The second-order valence-electron chi connectivity index (χ2n) is 12.1. The van der Waals surface area contributed by atoms with Crippen LogP contribution in [0.15, 0.2) is 46.5 Å². The number of aliphatic hydroxyl groups is 3. The van der Waals surface area contributed by atoms with Gasteiger partial charge >= 0.3 is 5.69 Å². The summed E-state index contributed by atoms with van der Waals surface area (Å²) >= 11 is 0. The van der Waals surface area contributed by atoms with Crippen molar-refractivity contribution < 1.29 is 29.5 Å². The Bertz CT molecular complexity index is 2110. The monoisotopic (exact) mass is 650 g/mol. The molecule has 1 saturated heterocycles. The number of nitrogen functional groups attached to an aromatic ring is 2. The van der Waals surface area contributed by atoms with Gasteiger partial charge in [0.05, 0.1) is 23.2 Å². The molecule has 1 aliphatic rings. The Labute approximate surface area is 267 Å². The van der Waals surface area contributed by atoms with Crippen LogP contribution in [0.3, 0.4) is 0 Å². The third-order valence-electron chi connectivity index (χ3n) is 8.04. The molecule has 5 heterocycles. The Morgan fingerprint density at radius 3 is 2.60 bits per heavy atom. The smallest absolute Gasteiger partial charge is 0.331 e. The van der Waals surface area contributed by atoms with Crippen molar-refractivity contribution in [3.05, 3.63) is 63.6 Å². The second kappa shape index (κ2) is 12.1. The highest BCUT2D eigenvalue weighted by molar-refractivity contribution is 6.08. The Balaban J connectivity index is 1.35. The van der Waals surface area contributed by atoms with E-state index in [0.717, 1.165) is 4.57 Å². The minimum atomic E-state index is -1.55. The van der Waals surface area contributed by atoms with Crippen LogP contribution < -0.4 is 27.5 Å². The van der Waals surface area contributed by atoms with Crippen LogP contribution in [0.25, 0.3) is 33.0 Å². The summed E-state index contributed by atoms with van der Waals surface area (Å²) in [6.07, 6.45) is -4.01. The number of nitrogens with zero attached hydrogens (tertiary/aromatic N) is 5. The maximum atomic E-state index is 13.5. The highest BCUT2D eigenvalue weighted by Gasteiger charge is 2.46. The zero-order chi connectivity index (χ0) is 33.8. The molecule has 1 unspecified atom stereocenters. The number of imidazole rings is 2. The van der Waals surface area contributed by atoms with E-state index in [2.05, 4.69) is 21.5 Å². The number of H-pyrrole nitrogens is 1. The van der Waals surface area contributed by atoms with Crippen molar-refractivity contribution in [3.63, 3.8) is 0 Å². The minimum Gasteiger partial charge on any atom is -0.488 e. The molecule has 250 valence electrons. The molecule has 4 atom stereocenters. The Kier molecular flexibility index (Phi) is 8.31. The zero-order valence-corrected chi connectivity index (χ0v) is 26.2. The van der Waals surface area contributed by atoms with E-state index < -0.39 is 41.4 Å². The molecule has 4 aromatic heterocycles. The predicted octanol–water partition coefficient (Wildman–Crippen LogP) is 0.745. The number of para-hydroxylation sites is 1. The summed E-state index contributed by atoms with van der Waals surface area (Å²) in [7, 11) is 0. The van der Waals surface area contributed by atoms with Gasteiger partial charge in [0, 0.05) is 24.6 Å². The van der Waals surface area contributed by atoms with Gasteiger partial charge in [0.25, 0.3) is 5.56 Å². The lowest BCUT2D eigenvalue weighted by molar-refractivity contribution is -0.0488. The quantitative estimate of drug-likeness (QED) is 0.109. The number of hydrogen-bond donors (Lipinski definition) is 6. The minimum absolute atomic E-state index is 0.00524. The molecule has 16 nitrogen and oxygen atoms in total. The van der Waals surface area contributed by atoms with Crippen molar-refractivity contribution in [1.82, 2.24) is 28.7 Å². The number of allylic oxidation sites excluding steroid dienone is 1. The van der Waals surface area contributed by atoms with Gasteiger partial charge in [0.1, 0.15) is 65.5 Å². The van der Waals surface area contributed by atoms with E-state index in [1.165, 1.54) is 16.7 Å². The largest absolute Gasteiger partial charge is 0.488 e. The Morgan fingerprint density at radius 1 is 1.13 bits per heavy atom. The molecule has 0 aliphatic carbocycles. The summed E-state index contributed by atoms with van der Waals surface area (Å²) in [5.74, 6) is 1.04. The van der Waals surface area contributed by atoms with Crippen LogP contribution in [0.2, 0.25) is 0 Å². The van der Waals surface area contributed by atoms with Crippen LogP contribution in [-0.2, 0) is 29.2 Å². The van der Waals surface area contributed by atoms with Crippen LogP contribution in [0, 0.1) is 0 Å². The first kappa shape index (κ1) is 32.2. The molecule has 6 rings (SSSR count). The van der Waals surface area contributed by atoms with Gasteiger partial charge < -0.3 is 50.5 Å². The number of aromatic amines is 1. The van der Waals surface area contributed by atoms with Gasteiger partial charge in [0.15, 0.2) is 12.0 Å². The summed E-state index contributed by atoms with van der Waals surface area (Å²) in [6, 6.07) is 6.66. The van der Waals surface area contributed by atoms with Gasteiger partial charge in [-0.1, -0.05) is 18.2 Å². The van der Waals surface area contributed by atoms with Gasteiger partial charge in [-0.15, -0.1) is 6.58 Å². The molecular weight excluding hydrogens is 612 g/mol. The SMILES string of the molecule is C=CCn1c(=O)n(C2O[C@H](COc3cccc4c3nc(N)c3nc(COCC)n(CC(C)(C)O)c34)[C@@H](O)[C@H]2O)c2cc(N)[nH]c(=O)c21. The molecular formula is C31H38N8O8. The fraction of sp³-hybridized carbons (Fsp3) is 0.419. The van der Waals surface area contributed by atoms with E-state index in [-0.39, 0.29) is 49.0 Å². The van der Waals surface area contributed by atoms with E-state index in [0.29, 0.717) is 40.1 Å². The number of aliphatic hydroxyl groups excluding tert-OH is 2. The van der Waals surface area contributed by atoms with Gasteiger partial charge in [-0.25, -0.2) is 14.8 Å². The summed E-state index contributed by atoms with van der Waals surface area (Å²) in [5.41, 5.74) is 11.6. The first-order valence-corrected chi connectivity index (χ1v) is 15.1. The number of nitrogens with two attached hydrogens (primary N) is 2. The van der Waals surface area contributed by atoms with E-state index >= 15 is 0 Å². The maximum Gasteiger partial charge on any atom is 0.331 e. The molecule has 8 N–H and O–H groups in total. The number of fused-ring (bicyclic) bond motifs is 4. The normalized spacial score (nSPS) is 20.1. The number of aromatic nitrogens is 6. The first-order valence-electron chi connectivity index (χ1n) is 15.1. The lowest BCUT2D eigenvalue weighted by atomic mass is 10.1. The molecule has 5 aromatic rings. The Morgan fingerprint density at radius 2 is 1.89 bits per heavy atom. The topological polar surface area (TPSA) is 231 Å². The summed E-state index contributed by atoms with van der Waals surface area (Å²) < 4.78 is 21.9. The van der Waals surface area contributed by atoms with Gasteiger partial charge in [-0.2, -0.15) is 0 Å². The number of hydrogen-bond acceptors (Lipinski definition) is 12. The van der Waals surface area contributed by atoms with Crippen LogP contribution >= 0.6 is 0 Å². The first-order chi connectivity index (χ1) is 22.3. The van der Waals surface area contributed by atoms with E-state index in [1.54, 1.807) is 26.0 Å². The van der Waals surface area contributed by atoms with Crippen LogP contribution in [0.5, 0.6) is 5.75 Å². The van der Waals surface area contributed by atoms with Gasteiger partial charge in [-0.05, 0) is 26.8 Å². The fourth-order valence-electron chi connectivity index (χ4n) is 6.06. The number of nitrogens with one attached hydrogen (secondary N) is 1. The molecule has 0 amide bonds. The maximum absolute atomic E-state index is 13.5. The zero-order valence-electron chi connectivity index (χ0n) is 26.2. The van der Waals surface area contributed by atoms with Gasteiger partial charge in [0.2, 0.25) is 0 Å². The molecule has 1 aliphatic heterocycles. The van der Waals surface area contributed by atoms with Crippen molar-refractivity contribution in [1.29, 1.82) is 0 Å². The average Bonchev–Trinajstić information content (AvgIpc) is 3.59.